The van der Waals surface area contributed by atoms with Gasteiger partial charge in [0.25, 0.3) is 0 Å². The van der Waals surface area contributed by atoms with Crippen LogP contribution >= 0.6 is 11.6 Å². The fourth-order valence-electron chi connectivity index (χ4n) is 0.886. The van der Waals surface area contributed by atoms with E-state index in [0.29, 0.717) is 11.3 Å². The lowest BCUT2D eigenvalue weighted by Crippen LogP contribution is -2.02. The maximum Gasteiger partial charge on any atom is 0.222 e. The molecule has 0 rings (SSSR count). The zero-order valence-electron chi connectivity index (χ0n) is 9.51. The van der Waals surface area contributed by atoms with E-state index in [1.165, 1.54) is 12.4 Å². The first-order valence-corrected chi connectivity index (χ1v) is 5.09. The van der Waals surface area contributed by atoms with Gasteiger partial charge in [0.15, 0.2) is 0 Å². The number of amidine groups is 1. The number of allylic oxidation sites excluding steroid dienone is 4. The summed E-state index contributed by atoms with van der Waals surface area (Å²) < 4.78 is 0. The van der Waals surface area contributed by atoms with Crippen LogP contribution in [0.2, 0.25) is 0 Å². The minimum Gasteiger partial charge on any atom is -0.265 e. The summed E-state index contributed by atoms with van der Waals surface area (Å²) >= 11 is 5.76. The molecule has 0 unspecified atom stereocenters. The Morgan fingerprint density at radius 2 is 1.76 bits per heavy atom. The molecule has 17 heavy (non-hydrogen) atoms. The van der Waals surface area contributed by atoms with E-state index in [4.69, 9.17) is 11.6 Å². The van der Waals surface area contributed by atoms with E-state index in [1.807, 2.05) is 0 Å². The average Bonchev–Trinajstić information content (AvgIpc) is 2.32. The Hall–Kier alpha value is -2.00. The van der Waals surface area contributed by atoms with Crippen LogP contribution in [0.15, 0.2) is 77.5 Å². The number of rotatable bonds is 6. The van der Waals surface area contributed by atoms with Crippen LogP contribution in [0.25, 0.3) is 0 Å². The molecular weight excluding hydrogens is 234 g/mol. The minimum atomic E-state index is 0.0665. The largest absolute Gasteiger partial charge is 0.265 e. The topological polar surface area (TPSA) is 37.1 Å². The summed E-state index contributed by atoms with van der Waals surface area (Å²) in [5, 5.41) is 0.0665. The first kappa shape index (κ1) is 15.0. The molecule has 0 N–H and O–H groups in total. The van der Waals surface area contributed by atoms with Crippen LogP contribution in [-0.4, -0.2) is 17.2 Å². The predicted molar refractivity (Wildman–Crippen MR) is 78.1 cm³/mol. The highest BCUT2D eigenvalue weighted by Crippen LogP contribution is 2.02. The molecule has 0 aromatic rings. The molecule has 0 saturated carbocycles. The van der Waals surface area contributed by atoms with Crippen molar-refractivity contribution in [3.63, 3.8) is 0 Å². The monoisotopic (exact) mass is 247 g/mol. The van der Waals surface area contributed by atoms with Crippen molar-refractivity contribution >= 4 is 28.8 Å². The normalized spacial score (nSPS) is 13.6. The Labute approximate surface area is 107 Å². The molecule has 0 aromatic heterocycles. The van der Waals surface area contributed by atoms with Crippen LogP contribution in [0.5, 0.6) is 0 Å². The first-order valence-electron chi connectivity index (χ1n) is 4.72. The maximum absolute atomic E-state index is 5.76. The second kappa shape index (κ2) is 9.24. The lowest BCUT2D eigenvalue weighted by Gasteiger charge is -2.00. The molecule has 0 fully saturated rings. The highest BCUT2D eigenvalue weighted by atomic mass is 35.5. The predicted octanol–water partition coefficient (Wildman–Crippen LogP) is 3.68. The van der Waals surface area contributed by atoms with E-state index in [-0.39, 0.29) is 5.29 Å². The van der Waals surface area contributed by atoms with E-state index in [1.54, 1.807) is 24.4 Å². The average molecular weight is 248 g/mol. The second-order valence-corrected chi connectivity index (χ2v) is 2.94. The summed E-state index contributed by atoms with van der Waals surface area (Å²) in [5.74, 6) is 0. The third-order valence-corrected chi connectivity index (χ3v) is 1.70. The van der Waals surface area contributed by atoms with Gasteiger partial charge in [0.2, 0.25) is 5.29 Å². The van der Waals surface area contributed by atoms with Gasteiger partial charge >= 0.3 is 0 Å². The Morgan fingerprint density at radius 3 is 2.24 bits per heavy atom. The fraction of sp³-hybridized carbons (Fsp3) is 0. The van der Waals surface area contributed by atoms with Crippen molar-refractivity contribution in [2.45, 2.75) is 0 Å². The summed E-state index contributed by atoms with van der Waals surface area (Å²) in [6.07, 6.45) is 9.19. The number of hydrogen-bond acceptors (Lipinski definition) is 2. The van der Waals surface area contributed by atoms with Crippen molar-refractivity contribution in [2.75, 3.05) is 0 Å². The molecule has 0 spiro atoms. The molecule has 0 amide bonds. The van der Waals surface area contributed by atoms with Gasteiger partial charge in [-0.15, -0.1) is 0 Å². The SMILES string of the molecule is C=C/C=C(\C=N/C=C)C(/C=C)=N/C(Cl)=N\C=C. The van der Waals surface area contributed by atoms with Crippen LogP contribution in [0.3, 0.4) is 0 Å². The van der Waals surface area contributed by atoms with Crippen LogP contribution in [-0.2, 0) is 0 Å². The Bertz CT molecular complexity index is 426. The summed E-state index contributed by atoms with van der Waals surface area (Å²) in [5.41, 5.74) is 1.23. The van der Waals surface area contributed by atoms with Crippen molar-refractivity contribution < 1.29 is 0 Å². The van der Waals surface area contributed by atoms with Gasteiger partial charge in [-0.3, -0.25) is 4.99 Å². The van der Waals surface area contributed by atoms with Gasteiger partial charge < -0.3 is 0 Å². The quantitative estimate of drug-likeness (QED) is 0.297. The molecule has 0 aliphatic heterocycles. The third kappa shape index (κ3) is 6.22. The van der Waals surface area contributed by atoms with Crippen molar-refractivity contribution in [3.8, 4) is 0 Å². The van der Waals surface area contributed by atoms with Crippen LogP contribution in [0.4, 0.5) is 0 Å². The maximum atomic E-state index is 5.76. The minimum absolute atomic E-state index is 0.0665. The van der Waals surface area contributed by atoms with E-state index < -0.39 is 0 Å². The van der Waals surface area contributed by atoms with Gasteiger partial charge in [-0.25, -0.2) is 9.98 Å². The molecular formula is C13H14ClN3. The van der Waals surface area contributed by atoms with E-state index >= 15 is 0 Å². The van der Waals surface area contributed by atoms with Gasteiger partial charge in [0.05, 0.1) is 5.71 Å². The summed E-state index contributed by atoms with van der Waals surface area (Å²) in [4.78, 5) is 11.7. The van der Waals surface area contributed by atoms with Crippen molar-refractivity contribution in [2.24, 2.45) is 15.0 Å². The summed E-state index contributed by atoms with van der Waals surface area (Å²) in [7, 11) is 0. The molecule has 0 bridgehead atoms. The van der Waals surface area contributed by atoms with E-state index in [0.717, 1.165) is 0 Å². The molecule has 0 saturated heterocycles. The van der Waals surface area contributed by atoms with Gasteiger partial charge in [0, 0.05) is 24.2 Å². The Balaban J connectivity index is 5.38. The lowest BCUT2D eigenvalue weighted by molar-refractivity contribution is 1.54. The number of nitrogens with zero attached hydrogens (tertiary/aromatic N) is 3. The lowest BCUT2D eigenvalue weighted by atomic mass is 10.1. The Kier molecular flexibility index (Phi) is 8.15. The fourth-order valence-corrected chi connectivity index (χ4v) is 1.05. The molecule has 0 radical (unpaired) electrons. The van der Waals surface area contributed by atoms with Gasteiger partial charge in [0.1, 0.15) is 0 Å². The van der Waals surface area contributed by atoms with Crippen molar-refractivity contribution in [3.05, 3.63) is 62.5 Å². The van der Waals surface area contributed by atoms with E-state index in [9.17, 15) is 0 Å². The highest BCUT2D eigenvalue weighted by Gasteiger charge is 2.01. The van der Waals surface area contributed by atoms with Gasteiger partial charge in [-0.2, -0.15) is 0 Å². The summed E-state index contributed by atoms with van der Waals surface area (Å²) in [6.45, 7) is 14.2. The van der Waals surface area contributed by atoms with Crippen molar-refractivity contribution in [1.29, 1.82) is 0 Å². The second-order valence-electron chi connectivity index (χ2n) is 2.60. The first-order chi connectivity index (χ1) is 8.19. The third-order valence-electron chi connectivity index (χ3n) is 1.52. The number of aliphatic imine (C=N–C) groups is 3. The zero-order valence-corrected chi connectivity index (χ0v) is 10.3. The summed E-state index contributed by atoms with van der Waals surface area (Å²) in [6, 6.07) is 0. The molecule has 0 aliphatic carbocycles. The zero-order chi connectivity index (χ0) is 13.1. The molecule has 88 valence electrons. The molecule has 0 heterocycles. The van der Waals surface area contributed by atoms with Gasteiger partial charge in [-0.1, -0.05) is 38.5 Å². The van der Waals surface area contributed by atoms with Crippen LogP contribution < -0.4 is 0 Å². The number of hydrogen-bond donors (Lipinski definition) is 0. The van der Waals surface area contributed by atoms with E-state index in [2.05, 4.69) is 41.3 Å². The van der Waals surface area contributed by atoms with Crippen molar-refractivity contribution in [1.82, 2.24) is 0 Å². The highest BCUT2D eigenvalue weighted by molar-refractivity contribution is 6.66. The molecule has 0 aliphatic rings. The van der Waals surface area contributed by atoms with Gasteiger partial charge in [-0.05, 0) is 17.7 Å². The standard InChI is InChI=1S/C13H14ClN3/c1-5-9-11(10-15-7-3)12(6-2)17-13(14)16-8-4/h5-10H,1-4H2/b11-9+,15-10-,16-13-,17-12+. The molecule has 3 nitrogen and oxygen atoms in total. The molecule has 4 heteroatoms. The smallest absolute Gasteiger partial charge is 0.222 e. The number of halogens is 1. The Morgan fingerprint density at radius 1 is 1.06 bits per heavy atom. The molecule has 0 atom stereocenters. The molecule has 0 aromatic carbocycles. The van der Waals surface area contributed by atoms with Crippen LogP contribution in [0, 0.1) is 0 Å². The van der Waals surface area contributed by atoms with Crippen LogP contribution in [0.1, 0.15) is 0 Å².